The largest absolute Gasteiger partial charge is 0.294 e. The van der Waals surface area contributed by atoms with Crippen molar-refractivity contribution < 1.29 is 4.79 Å². The van der Waals surface area contributed by atoms with Crippen molar-refractivity contribution in [3.8, 4) is 0 Å². The minimum absolute atomic E-state index is 0.270. The van der Waals surface area contributed by atoms with E-state index in [1.807, 2.05) is 18.4 Å². The molecule has 0 saturated carbocycles. The van der Waals surface area contributed by atoms with Crippen molar-refractivity contribution in [2.45, 2.75) is 19.8 Å². The van der Waals surface area contributed by atoms with Crippen LogP contribution in [0.5, 0.6) is 0 Å². The van der Waals surface area contributed by atoms with E-state index in [2.05, 4.69) is 22.6 Å². The standard InChI is InChI=1S/C8H9IOS/c1-2-3-7(10)6-4-8(9)11-5-6/h4-5H,2-3H2,1H3. The zero-order valence-corrected chi connectivity index (χ0v) is 9.24. The van der Waals surface area contributed by atoms with Crippen LogP contribution in [-0.4, -0.2) is 5.78 Å². The Hall–Kier alpha value is 0.1000. The summed E-state index contributed by atoms with van der Waals surface area (Å²) in [6, 6.07) is 1.95. The summed E-state index contributed by atoms with van der Waals surface area (Å²) in [6.07, 6.45) is 1.61. The summed E-state index contributed by atoms with van der Waals surface area (Å²) < 4.78 is 1.18. The lowest BCUT2D eigenvalue weighted by molar-refractivity contribution is 0.0982. The van der Waals surface area contributed by atoms with Crippen LogP contribution in [0.25, 0.3) is 0 Å². The monoisotopic (exact) mass is 280 g/mol. The van der Waals surface area contributed by atoms with Gasteiger partial charge in [0, 0.05) is 17.4 Å². The van der Waals surface area contributed by atoms with Gasteiger partial charge in [-0.3, -0.25) is 4.79 Å². The molecule has 0 unspecified atom stereocenters. The Kier molecular flexibility index (Phi) is 3.51. The summed E-state index contributed by atoms with van der Waals surface area (Å²) in [5.41, 5.74) is 0.876. The maximum Gasteiger partial charge on any atom is 0.163 e. The molecule has 1 heterocycles. The first-order chi connectivity index (χ1) is 5.24. The average molecular weight is 280 g/mol. The van der Waals surface area contributed by atoms with Gasteiger partial charge in [0.15, 0.2) is 5.78 Å². The molecule has 1 aromatic rings. The van der Waals surface area contributed by atoms with Crippen LogP contribution >= 0.6 is 33.9 Å². The Morgan fingerprint density at radius 2 is 2.45 bits per heavy atom. The van der Waals surface area contributed by atoms with Crippen LogP contribution in [0.4, 0.5) is 0 Å². The molecule has 0 bridgehead atoms. The van der Waals surface area contributed by atoms with Crippen LogP contribution in [0, 0.1) is 2.88 Å². The molecule has 0 radical (unpaired) electrons. The predicted molar refractivity (Wildman–Crippen MR) is 56.3 cm³/mol. The maximum absolute atomic E-state index is 11.3. The highest BCUT2D eigenvalue weighted by molar-refractivity contribution is 14.1. The molecule has 60 valence electrons. The van der Waals surface area contributed by atoms with Crippen molar-refractivity contribution in [2.75, 3.05) is 0 Å². The van der Waals surface area contributed by atoms with Gasteiger partial charge in [-0.1, -0.05) is 6.92 Å². The lowest BCUT2D eigenvalue weighted by atomic mass is 10.1. The number of ketones is 1. The molecule has 3 heteroatoms. The fraction of sp³-hybridized carbons (Fsp3) is 0.375. The molecule has 0 atom stereocenters. The van der Waals surface area contributed by atoms with Gasteiger partial charge in [-0.05, 0) is 35.1 Å². The first kappa shape index (κ1) is 9.19. The SMILES string of the molecule is CCCC(=O)c1csc(I)c1. The maximum atomic E-state index is 11.3. The summed E-state index contributed by atoms with van der Waals surface area (Å²) in [5.74, 6) is 0.270. The van der Waals surface area contributed by atoms with Crippen LogP contribution in [0.15, 0.2) is 11.4 Å². The topological polar surface area (TPSA) is 17.1 Å². The smallest absolute Gasteiger partial charge is 0.163 e. The van der Waals surface area contributed by atoms with Crippen LogP contribution in [-0.2, 0) is 0 Å². The van der Waals surface area contributed by atoms with Gasteiger partial charge in [0.1, 0.15) is 0 Å². The summed E-state index contributed by atoms with van der Waals surface area (Å²) in [6.45, 7) is 2.02. The number of carbonyl (C=O) groups is 1. The minimum atomic E-state index is 0.270. The fourth-order valence-corrected chi connectivity index (χ4v) is 2.18. The van der Waals surface area contributed by atoms with Gasteiger partial charge < -0.3 is 0 Å². The third-order valence-corrected chi connectivity index (χ3v) is 3.16. The van der Waals surface area contributed by atoms with E-state index >= 15 is 0 Å². The Labute approximate surface area is 84.0 Å². The van der Waals surface area contributed by atoms with Crippen molar-refractivity contribution in [3.05, 3.63) is 19.9 Å². The molecule has 0 aliphatic carbocycles. The minimum Gasteiger partial charge on any atom is -0.294 e. The number of hydrogen-bond acceptors (Lipinski definition) is 2. The Bertz CT molecular complexity index is 254. The van der Waals surface area contributed by atoms with Crippen LogP contribution in [0.1, 0.15) is 30.1 Å². The van der Waals surface area contributed by atoms with Gasteiger partial charge >= 0.3 is 0 Å². The molecule has 0 aliphatic rings. The molecule has 0 aliphatic heterocycles. The van der Waals surface area contributed by atoms with Crippen molar-refractivity contribution in [1.29, 1.82) is 0 Å². The molecule has 0 amide bonds. The highest BCUT2D eigenvalue weighted by Gasteiger charge is 2.05. The molecule has 0 N–H and O–H groups in total. The average Bonchev–Trinajstić information content (AvgIpc) is 2.36. The molecule has 1 nitrogen and oxygen atoms in total. The number of carbonyl (C=O) groups excluding carboxylic acids is 1. The van der Waals surface area contributed by atoms with Gasteiger partial charge in [0.05, 0.1) is 2.88 Å². The van der Waals surface area contributed by atoms with E-state index in [-0.39, 0.29) is 5.78 Å². The summed E-state index contributed by atoms with van der Waals surface area (Å²) in [5, 5.41) is 1.93. The zero-order chi connectivity index (χ0) is 8.27. The van der Waals surface area contributed by atoms with Crippen LogP contribution in [0.3, 0.4) is 0 Å². The number of thiophene rings is 1. The second-order valence-corrected chi connectivity index (χ2v) is 5.12. The highest BCUT2D eigenvalue weighted by atomic mass is 127. The van der Waals surface area contributed by atoms with Gasteiger partial charge in [0.2, 0.25) is 0 Å². The first-order valence-corrected chi connectivity index (χ1v) is 5.47. The first-order valence-electron chi connectivity index (χ1n) is 3.51. The molecule has 1 aromatic heterocycles. The third kappa shape index (κ3) is 2.56. The summed E-state index contributed by atoms with van der Waals surface area (Å²) in [4.78, 5) is 11.3. The van der Waals surface area contributed by atoms with Crippen LogP contribution in [0.2, 0.25) is 0 Å². The summed E-state index contributed by atoms with van der Waals surface area (Å²) in [7, 11) is 0. The fourth-order valence-electron chi connectivity index (χ4n) is 0.828. The van der Waals surface area contributed by atoms with Gasteiger partial charge in [0.25, 0.3) is 0 Å². The van der Waals surface area contributed by atoms with E-state index < -0.39 is 0 Å². The second kappa shape index (κ2) is 4.21. The van der Waals surface area contributed by atoms with E-state index in [0.717, 1.165) is 12.0 Å². The van der Waals surface area contributed by atoms with Crippen LogP contribution < -0.4 is 0 Å². The molecule has 0 saturated heterocycles. The third-order valence-electron chi connectivity index (χ3n) is 1.37. The van der Waals surface area contributed by atoms with E-state index in [4.69, 9.17) is 0 Å². The quantitative estimate of drug-likeness (QED) is 0.613. The molecule has 1 rings (SSSR count). The summed E-state index contributed by atoms with van der Waals surface area (Å²) >= 11 is 3.85. The number of Topliss-reactive ketones (excluding diaryl/α,β-unsaturated/α-hetero) is 1. The normalized spacial score (nSPS) is 10.0. The Morgan fingerprint density at radius 1 is 1.73 bits per heavy atom. The molecule has 11 heavy (non-hydrogen) atoms. The van der Waals surface area contributed by atoms with Crippen molar-refractivity contribution >= 4 is 39.7 Å². The predicted octanol–water partition coefficient (Wildman–Crippen LogP) is 3.34. The number of halogens is 1. The molecule has 0 spiro atoms. The van der Waals surface area contributed by atoms with Crippen molar-refractivity contribution in [2.24, 2.45) is 0 Å². The van der Waals surface area contributed by atoms with Gasteiger partial charge in [-0.25, -0.2) is 0 Å². The number of rotatable bonds is 3. The molecular formula is C8H9IOS. The lowest BCUT2D eigenvalue weighted by Gasteiger charge is -1.91. The zero-order valence-electron chi connectivity index (χ0n) is 6.26. The van der Waals surface area contributed by atoms with E-state index in [0.29, 0.717) is 6.42 Å². The van der Waals surface area contributed by atoms with Crippen molar-refractivity contribution in [3.63, 3.8) is 0 Å². The van der Waals surface area contributed by atoms with Crippen molar-refractivity contribution in [1.82, 2.24) is 0 Å². The van der Waals surface area contributed by atoms with E-state index in [1.54, 1.807) is 11.3 Å². The second-order valence-electron chi connectivity index (χ2n) is 2.31. The Morgan fingerprint density at radius 3 is 2.91 bits per heavy atom. The number of hydrogen-bond donors (Lipinski definition) is 0. The molecule has 0 fully saturated rings. The molecule has 0 aromatic carbocycles. The van der Waals surface area contributed by atoms with Gasteiger partial charge in [-0.15, -0.1) is 11.3 Å². The van der Waals surface area contributed by atoms with E-state index in [9.17, 15) is 4.79 Å². The molecular weight excluding hydrogens is 271 g/mol. The Balaban J connectivity index is 2.69. The van der Waals surface area contributed by atoms with E-state index in [1.165, 1.54) is 2.88 Å². The highest BCUT2D eigenvalue weighted by Crippen LogP contribution is 2.18. The lowest BCUT2D eigenvalue weighted by Crippen LogP contribution is -1.94. The van der Waals surface area contributed by atoms with Gasteiger partial charge in [-0.2, -0.15) is 0 Å².